The normalized spacial score (nSPS) is 17.3. The minimum absolute atomic E-state index is 0.250. The molecule has 0 fully saturated rings. The van der Waals surface area contributed by atoms with Crippen molar-refractivity contribution in [1.82, 2.24) is 44.1 Å². The Kier molecular flexibility index (Phi) is 17.2. The van der Waals surface area contributed by atoms with Gasteiger partial charge in [0.2, 0.25) is 21.9 Å². The lowest BCUT2D eigenvalue weighted by molar-refractivity contribution is -0.660. The molecule has 0 radical (unpaired) electrons. The number of hydrogen-bond acceptors (Lipinski definition) is 20. The second kappa shape index (κ2) is 27.8. The van der Waals surface area contributed by atoms with E-state index in [-0.39, 0.29) is 12.3 Å². The number of hydrogen-bond donors (Lipinski definition) is 0. The second-order valence-corrected chi connectivity index (χ2v) is 31.6. The first-order valence-electron chi connectivity index (χ1n) is 39.6. The Morgan fingerprint density at radius 1 is 0.407 bits per heavy atom. The first-order valence-corrected chi connectivity index (χ1v) is 39.0. The number of pyridine rings is 1. The minimum Gasteiger partial charge on any atom is -0.455 e. The third-order valence-electron chi connectivity index (χ3n) is 23.0. The van der Waals surface area contributed by atoms with Crippen molar-refractivity contribution < 1.29 is 39.6 Å². The molecule has 4 aliphatic heterocycles. The van der Waals surface area contributed by atoms with Gasteiger partial charge in [-0.15, -0.1) is 0 Å². The Hall–Kier alpha value is -12.4. The number of thiophene rings is 1. The summed E-state index contributed by atoms with van der Waals surface area (Å²) >= 11 is 1.69. The lowest BCUT2D eigenvalue weighted by atomic mass is 9.98. The van der Waals surface area contributed by atoms with E-state index in [4.69, 9.17) is 35.0 Å². The smallest absolute Gasteiger partial charge is 0.319 e. The van der Waals surface area contributed by atoms with Gasteiger partial charge in [0.25, 0.3) is 5.71 Å². The Balaban J connectivity index is 0.000000105. The van der Waals surface area contributed by atoms with Crippen molar-refractivity contribution in [3.8, 4) is 11.3 Å². The van der Waals surface area contributed by atoms with Crippen LogP contribution in [0.1, 0.15) is 99.8 Å². The zero-order chi connectivity index (χ0) is 81.8. The van der Waals surface area contributed by atoms with Gasteiger partial charge in [-0.1, -0.05) is 71.5 Å². The predicted molar refractivity (Wildman–Crippen MR) is 457 cm³/mol. The van der Waals surface area contributed by atoms with E-state index < -0.39 is 6.85 Å². The van der Waals surface area contributed by atoms with Crippen LogP contribution in [0.4, 0.5) is 22.7 Å². The molecule has 113 heavy (non-hydrogen) atoms. The van der Waals surface area contributed by atoms with Crippen LogP contribution in [-0.2, 0) is 14.1 Å². The number of rotatable bonds is 5. The van der Waals surface area contributed by atoms with Crippen LogP contribution >= 0.6 is 11.3 Å². The molecule has 14 heterocycles. The molecule has 10 aromatic heterocycles. The van der Waals surface area contributed by atoms with E-state index in [2.05, 4.69) is 291 Å². The monoisotopic (exact) mass is 1530 g/mol. The molecule has 0 bridgehead atoms. The largest absolute Gasteiger partial charge is 0.455 e. The van der Waals surface area contributed by atoms with E-state index >= 15 is 0 Å². The van der Waals surface area contributed by atoms with E-state index in [1.54, 1.807) is 17.5 Å². The Morgan fingerprint density at radius 3 is 1.62 bits per heavy atom. The van der Waals surface area contributed by atoms with Crippen molar-refractivity contribution in [2.45, 2.75) is 135 Å². The minimum atomic E-state index is -2.14. The molecule has 0 saturated heterocycles. The standard InChI is InChI=1S/C26H24NO.C17H20N4O.2C16H17N3O2.C16H17N3OS/c1-15-6-8-19-13-24-22(12-20(19)10-15)21-9-7-16(2)25(26(21)28-24)23-11-17(3)18(4)14-27(23)5;1-10-6-7-13-14-17(20(5)11(2)18-14)22-16(13)15(10)21-9-8-19(4)12(21)3;1-9-7-12-14(21-16-15(12)17-10(2)20-16)8-13(9)19-6-5-18(4)11(19)3;1-9-5-6-12-14(21-16-15(12)20-10(2)17-16)13(9)19-8-7-18(4)11(19)3;1-9-5-6-12-13-16(20-10(2)17-13)21-15(12)14(9)19-8-7-18(4)11(19)3/h6-14H,1-5H3;6-9,12H,1-5H3;3*5-8,11H,1-4H3/q+1;;;;/t;12-;3*11-/m.0000/s1/i4D3;;;;. The van der Waals surface area contributed by atoms with Gasteiger partial charge in [-0.2, -0.15) is 4.98 Å². The van der Waals surface area contributed by atoms with Gasteiger partial charge in [-0.3, -0.25) is 0 Å². The predicted octanol–water partition coefficient (Wildman–Crippen LogP) is 21.7. The molecule has 0 N–H and O–H groups in total. The van der Waals surface area contributed by atoms with Crippen LogP contribution < -0.4 is 24.2 Å². The molecule has 0 spiro atoms. The second-order valence-electron chi connectivity index (χ2n) is 30.7. The summed E-state index contributed by atoms with van der Waals surface area (Å²) in [7, 11) is 12.2. The van der Waals surface area contributed by atoms with Crippen LogP contribution in [0.15, 0.2) is 184 Å². The number of furan rings is 4. The highest BCUT2D eigenvalue weighted by Gasteiger charge is 2.32. The molecule has 4 aliphatic rings. The summed E-state index contributed by atoms with van der Waals surface area (Å²) in [6.45, 7) is 28.6. The average molecular weight is 1530 g/mol. The van der Waals surface area contributed by atoms with Crippen LogP contribution in [0.3, 0.4) is 0 Å². The summed E-state index contributed by atoms with van der Waals surface area (Å²) in [5.41, 5.74) is 23.9. The maximum absolute atomic E-state index is 7.82. The fraction of sp³-hybridized carbons (Fsp3) is 0.286. The van der Waals surface area contributed by atoms with Gasteiger partial charge in [0.15, 0.2) is 40.6 Å². The van der Waals surface area contributed by atoms with Crippen molar-refractivity contribution >= 4 is 154 Å². The molecule has 22 heteroatoms. The van der Waals surface area contributed by atoms with Crippen molar-refractivity contribution in [2.24, 2.45) is 14.1 Å². The average Bonchev–Trinajstić information content (AvgIpc) is 1.58. The molecule has 4 atom stereocenters. The van der Waals surface area contributed by atoms with Crippen LogP contribution in [0.25, 0.3) is 131 Å². The maximum Gasteiger partial charge on any atom is 0.319 e. The maximum atomic E-state index is 7.82. The molecular weight excluding hydrogens is 1430 g/mol. The van der Waals surface area contributed by atoms with Gasteiger partial charge >= 0.3 is 5.78 Å². The molecule has 17 aromatic rings. The highest BCUT2D eigenvalue weighted by molar-refractivity contribution is 7.25. The number of nitrogens with zero attached hydrogens (tertiary/aromatic N) is 14. The highest BCUT2D eigenvalue weighted by Crippen LogP contribution is 2.46. The fourth-order valence-electron chi connectivity index (χ4n) is 15.9. The zero-order valence-corrected chi connectivity index (χ0v) is 68.6. The zero-order valence-electron chi connectivity index (χ0n) is 70.8. The topological polar surface area (TPSA) is 178 Å². The van der Waals surface area contributed by atoms with Crippen LogP contribution in [0.2, 0.25) is 0 Å². The Bertz CT molecular complexity index is 6810. The molecular formula is C91H95N14O7S+. The first kappa shape index (κ1) is 69.7. The molecule has 21 rings (SSSR count). The van der Waals surface area contributed by atoms with E-state index in [9.17, 15) is 0 Å². The van der Waals surface area contributed by atoms with E-state index in [1.807, 2.05) is 70.0 Å². The van der Waals surface area contributed by atoms with Crippen LogP contribution in [-0.4, -0.2) is 97.0 Å². The number of oxazole rings is 3. The van der Waals surface area contributed by atoms with Gasteiger partial charge in [-0.05, 0) is 164 Å². The van der Waals surface area contributed by atoms with Gasteiger partial charge in [-0.25, -0.2) is 19.5 Å². The summed E-state index contributed by atoms with van der Waals surface area (Å²) < 4.78 is 69.9. The number of benzene rings is 7. The summed E-state index contributed by atoms with van der Waals surface area (Å²) in [6, 6.07) is 33.8. The van der Waals surface area contributed by atoms with E-state index in [0.29, 0.717) is 41.2 Å². The summed E-state index contributed by atoms with van der Waals surface area (Å²) in [5, 5.41) is 8.75. The van der Waals surface area contributed by atoms with Crippen molar-refractivity contribution in [1.29, 1.82) is 0 Å². The summed E-state index contributed by atoms with van der Waals surface area (Å²) in [4.78, 5) is 36.5. The van der Waals surface area contributed by atoms with Crippen LogP contribution in [0.5, 0.6) is 0 Å². The van der Waals surface area contributed by atoms with Crippen molar-refractivity contribution in [3.63, 3.8) is 0 Å². The molecule has 0 unspecified atom stereocenters. The highest BCUT2D eigenvalue weighted by atomic mass is 32.1. The lowest BCUT2D eigenvalue weighted by Crippen LogP contribution is -2.33. The fourth-order valence-corrected chi connectivity index (χ4v) is 17.2. The lowest BCUT2D eigenvalue weighted by Gasteiger charge is -2.28. The van der Waals surface area contributed by atoms with E-state index in [1.165, 1.54) is 49.0 Å². The number of anilines is 4. The summed E-state index contributed by atoms with van der Waals surface area (Å²) in [6.07, 6.45) is 19.6. The van der Waals surface area contributed by atoms with Gasteiger partial charge < -0.3 is 74.7 Å². The Morgan fingerprint density at radius 2 is 0.973 bits per heavy atom. The van der Waals surface area contributed by atoms with Gasteiger partial charge in [0.05, 0.1) is 43.5 Å². The van der Waals surface area contributed by atoms with Gasteiger partial charge in [0, 0.05) is 149 Å². The number of aromatic nitrogens is 6. The number of aryl methyl sites for hydroxylation is 14. The van der Waals surface area contributed by atoms with Crippen LogP contribution in [0, 0.1) is 83.0 Å². The molecule has 21 nitrogen and oxygen atoms in total. The SMILES string of the molecule is Cc1ccc2c(oc3c2nc(C)n3C)c1N1C=CN(C)[C@@H]1C.Cc1nc2c(o1)oc1cc(N3C=CN(C)[C@@H]3C)c(C)cc12.Cc1nc2c(o1)sc1c(N3C=CN(C)[C@@H]3C)c(C)ccc12.Cc1nc2oc3c(N4C=CN(C)[C@@H]4C)c(C)ccc3c2o1.[2H]C([2H])([2H])c1c[n+](C)c(-c2c(C)ccc3c2oc2cc4ccc(C)cc4cc23)cc1C. The number of imidazole rings is 1. The quantitative estimate of drug-likeness (QED) is 0.148. The molecule has 576 valence electrons. The molecule has 7 aromatic carbocycles. The Labute approximate surface area is 663 Å². The first-order chi connectivity index (χ1) is 55.3. The molecule has 0 saturated carbocycles. The van der Waals surface area contributed by atoms with Crippen molar-refractivity contribution in [3.05, 3.63) is 221 Å². The molecule has 0 amide bonds. The molecule has 0 aliphatic carbocycles. The number of fused-ring (bicyclic) bond motifs is 16. The van der Waals surface area contributed by atoms with Crippen molar-refractivity contribution in [2.75, 3.05) is 47.8 Å². The van der Waals surface area contributed by atoms with Gasteiger partial charge in [0.1, 0.15) is 65.3 Å². The van der Waals surface area contributed by atoms with E-state index in [0.717, 1.165) is 144 Å². The third kappa shape index (κ3) is 12.4. The third-order valence-corrected chi connectivity index (χ3v) is 24.1. The summed E-state index contributed by atoms with van der Waals surface area (Å²) in [5.74, 6) is 3.45.